The van der Waals surface area contributed by atoms with E-state index in [0.29, 0.717) is 5.41 Å². The van der Waals surface area contributed by atoms with Gasteiger partial charge < -0.3 is 5.32 Å². The Morgan fingerprint density at radius 3 is 2.36 bits per heavy atom. The van der Waals surface area contributed by atoms with E-state index in [2.05, 4.69) is 19.2 Å². The van der Waals surface area contributed by atoms with Crippen molar-refractivity contribution in [3.05, 3.63) is 0 Å². The third kappa shape index (κ3) is 0.754. The molecule has 1 saturated carbocycles. The Labute approximate surface area is 67.4 Å². The first kappa shape index (κ1) is 7.14. The zero-order chi connectivity index (χ0) is 8.11. The number of hydrogen-bond acceptors (Lipinski definition) is 1. The molecule has 0 radical (unpaired) electrons. The Morgan fingerprint density at radius 2 is 2.00 bits per heavy atom. The molecular weight excluding hydrogens is 138 g/mol. The normalized spacial score (nSPS) is 40.4. The summed E-state index contributed by atoms with van der Waals surface area (Å²) >= 11 is 0. The molecule has 2 heteroatoms. The summed E-state index contributed by atoms with van der Waals surface area (Å²) in [5, 5.41) is 3.07. The molecule has 1 N–H and O–H groups in total. The molecular formula is C9H15NO. The van der Waals surface area contributed by atoms with Gasteiger partial charge in [-0.05, 0) is 18.3 Å². The second-order valence-electron chi connectivity index (χ2n) is 4.54. The smallest absolute Gasteiger partial charge is 0.222 e. The van der Waals surface area contributed by atoms with Gasteiger partial charge in [-0.15, -0.1) is 0 Å². The van der Waals surface area contributed by atoms with E-state index in [1.807, 2.05) is 0 Å². The zero-order valence-corrected chi connectivity index (χ0v) is 7.24. The zero-order valence-electron chi connectivity index (χ0n) is 7.24. The molecule has 1 heterocycles. The molecule has 2 rings (SSSR count). The maximum atomic E-state index is 10.8. The Bertz CT molecular complexity index is 200. The summed E-state index contributed by atoms with van der Waals surface area (Å²) < 4.78 is 0. The first-order valence-electron chi connectivity index (χ1n) is 4.37. The fraction of sp³-hybridized carbons (Fsp3) is 0.889. The number of hydrogen-bond donors (Lipinski definition) is 1. The Kier molecular flexibility index (Phi) is 1.16. The highest BCUT2D eigenvalue weighted by molar-refractivity contribution is 5.85. The molecule has 0 aromatic heterocycles. The van der Waals surface area contributed by atoms with Gasteiger partial charge in [0.1, 0.15) is 0 Å². The number of nitrogens with one attached hydrogen (secondary N) is 1. The van der Waals surface area contributed by atoms with Crippen LogP contribution in [0.1, 0.15) is 39.5 Å². The van der Waals surface area contributed by atoms with Crippen molar-refractivity contribution in [2.45, 2.75) is 45.1 Å². The number of carbonyl (C=O) groups is 1. The highest BCUT2D eigenvalue weighted by Gasteiger charge is 2.55. The maximum absolute atomic E-state index is 10.8. The first-order chi connectivity index (χ1) is 5.06. The van der Waals surface area contributed by atoms with Gasteiger partial charge in [-0.25, -0.2) is 0 Å². The molecule has 2 nitrogen and oxygen atoms in total. The van der Waals surface area contributed by atoms with Gasteiger partial charge in [-0.1, -0.05) is 20.3 Å². The molecule has 0 aromatic rings. The lowest BCUT2D eigenvalue weighted by molar-refractivity contribution is -0.136. The summed E-state index contributed by atoms with van der Waals surface area (Å²) in [4.78, 5) is 10.8. The molecule has 2 fully saturated rings. The highest BCUT2D eigenvalue weighted by atomic mass is 16.2. The molecule has 62 valence electrons. The molecule has 1 saturated heterocycles. The van der Waals surface area contributed by atoms with Crippen LogP contribution in [-0.4, -0.2) is 11.4 Å². The van der Waals surface area contributed by atoms with Gasteiger partial charge in [-0.3, -0.25) is 4.79 Å². The van der Waals surface area contributed by atoms with Gasteiger partial charge in [-0.2, -0.15) is 0 Å². The van der Waals surface area contributed by atoms with E-state index >= 15 is 0 Å². The third-order valence-corrected chi connectivity index (χ3v) is 3.54. The van der Waals surface area contributed by atoms with E-state index in [4.69, 9.17) is 0 Å². The second-order valence-corrected chi connectivity index (χ2v) is 4.54. The average molecular weight is 153 g/mol. The van der Waals surface area contributed by atoms with Gasteiger partial charge in [0.25, 0.3) is 0 Å². The summed E-state index contributed by atoms with van der Waals surface area (Å²) in [6.45, 7) is 4.53. The van der Waals surface area contributed by atoms with Crippen LogP contribution in [0.3, 0.4) is 0 Å². The van der Waals surface area contributed by atoms with Crippen molar-refractivity contribution in [3.8, 4) is 0 Å². The minimum Gasteiger partial charge on any atom is -0.350 e. The fourth-order valence-corrected chi connectivity index (χ4v) is 2.49. The summed E-state index contributed by atoms with van der Waals surface area (Å²) in [7, 11) is 0. The topological polar surface area (TPSA) is 29.1 Å². The van der Waals surface area contributed by atoms with E-state index in [0.717, 1.165) is 6.42 Å². The molecule has 1 aliphatic carbocycles. The lowest BCUT2D eigenvalue weighted by atomic mass is 9.68. The highest BCUT2D eigenvalue weighted by Crippen LogP contribution is 2.51. The standard InChI is InChI=1S/C9H15NO/c1-8(2)4-3-5-9(8)6-7(11)10-9/h3-6H2,1-2H3,(H,10,11). The van der Waals surface area contributed by atoms with Gasteiger partial charge in [0.2, 0.25) is 5.91 Å². The minimum atomic E-state index is 0.185. The molecule has 11 heavy (non-hydrogen) atoms. The molecule has 0 bridgehead atoms. The van der Waals surface area contributed by atoms with Gasteiger partial charge in [0.15, 0.2) is 0 Å². The van der Waals surface area contributed by atoms with Crippen LogP contribution in [0.2, 0.25) is 0 Å². The van der Waals surface area contributed by atoms with E-state index in [1.54, 1.807) is 0 Å². The largest absolute Gasteiger partial charge is 0.350 e. The van der Waals surface area contributed by atoms with Crippen molar-refractivity contribution >= 4 is 5.91 Å². The first-order valence-corrected chi connectivity index (χ1v) is 4.37. The summed E-state index contributed by atoms with van der Waals surface area (Å²) in [5.74, 6) is 0.236. The molecule has 2 aliphatic rings. The SMILES string of the molecule is CC1(C)CCCC12CC(=O)N2. The average Bonchev–Trinajstić information content (AvgIpc) is 2.07. The van der Waals surface area contributed by atoms with Gasteiger partial charge in [0, 0.05) is 0 Å². The Morgan fingerprint density at radius 1 is 1.36 bits per heavy atom. The van der Waals surface area contributed by atoms with E-state index in [9.17, 15) is 4.79 Å². The predicted octanol–water partition coefficient (Wildman–Crippen LogP) is 1.46. The van der Waals surface area contributed by atoms with Crippen LogP contribution in [0.5, 0.6) is 0 Å². The third-order valence-electron chi connectivity index (χ3n) is 3.54. The molecule has 1 unspecified atom stereocenters. The summed E-state index contributed by atoms with van der Waals surface area (Å²) in [6.07, 6.45) is 4.48. The van der Waals surface area contributed by atoms with E-state index in [-0.39, 0.29) is 11.4 Å². The van der Waals surface area contributed by atoms with Gasteiger partial charge >= 0.3 is 0 Å². The molecule has 1 spiro atoms. The van der Waals surface area contributed by atoms with Crippen LogP contribution in [0.25, 0.3) is 0 Å². The number of carbonyl (C=O) groups excluding carboxylic acids is 1. The van der Waals surface area contributed by atoms with Crippen LogP contribution < -0.4 is 5.32 Å². The maximum Gasteiger partial charge on any atom is 0.222 e. The molecule has 0 aromatic carbocycles. The molecule has 1 atom stereocenters. The number of amides is 1. The van der Waals surface area contributed by atoms with Crippen LogP contribution >= 0.6 is 0 Å². The Hall–Kier alpha value is -0.530. The van der Waals surface area contributed by atoms with Crippen LogP contribution in [0.4, 0.5) is 0 Å². The molecule has 1 amide bonds. The van der Waals surface area contributed by atoms with Gasteiger partial charge in [0.05, 0.1) is 12.0 Å². The van der Waals surface area contributed by atoms with Crippen molar-refractivity contribution in [3.63, 3.8) is 0 Å². The summed E-state index contributed by atoms with van der Waals surface area (Å²) in [6, 6.07) is 0. The number of rotatable bonds is 0. The van der Waals surface area contributed by atoms with Crippen LogP contribution in [-0.2, 0) is 4.79 Å². The Balaban J connectivity index is 2.20. The summed E-state index contributed by atoms with van der Waals surface area (Å²) in [5.41, 5.74) is 0.519. The van der Waals surface area contributed by atoms with E-state index in [1.165, 1.54) is 19.3 Å². The van der Waals surface area contributed by atoms with E-state index < -0.39 is 0 Å². The van der Waals surface area contributed by atoms with Crippen molar-refractivity contribution in [2.24, 2.45) is 5.41 Å². The quantitative estimate of drug-likeness (QED) is 0.524. The minimum absolute atomic E-state index is 0.185. The lowest BCUT2D eigenvalue weighted by Gasteiger charge is -2.48. The fourth-order valence-electron chi connectivity index (χ4n) is 2.49. The van der Waals surface area contributed by atoms with Crippen molar-refractivity contribution in [1.29, 1.82) is 0 Å². The lowest BCUT2D eigenvalue weighted by Crippen LogP contribution is -2.65. The van der Waals surface area contributed by atoms with Crippen molar-refractivity contribution < 1.29 is 4.79 Å². The molecule has 1 aliphatic heterocycles. The predicted molar refractivity (Wildman–Crippen MR) is 43.1 cm³/mol. The van der Waals surface area contributed by atoms with Crippen molar-refractivity contribution in [1.82, 2.24) is 5.32 Å². The second kappa shape index (κ2) is 1.79. The number of β-lactam (4-membered cyclic amide) rings is 1. The monoisotopic (exact) mass is 153 g/mol. The van der Waals surface area contributed by atoms with Crippen LogP contribution in [0, 0.1) is 5.41 Å². The van der Waals surface area contributed by atoms with Crippen LogP contribution in [0.15, 0.2) is 0 Å². The van der Waals surface area contributed by atoms with Crippen molar-refractivity contribution in [2.75, 3.05) is 0 Å².